The second-order valence-electron chi connectivity index (χ2n) is 11.6. The molecule has 6 aromatic heterocycles. The largest absolute Gasteiger partial charge is 0.352 e. The van der Waals surface area contributed by atoms with Crippen LogP contribution in [-0.4, -0.2) is 69.1 Å². The Morgan fingerprint density at radius 2 is 1.49 bits per heavy atom. The molecule has 0 bridgehead atoms. The maximum atomic E-state index is 13.1. The van der Waals surface area contributed by atoms with Gasteiger partial charge in [-0.3, -0.25) is 9.13 Å². The van der Waals surface area contributed by atoms with Crippen LogP contribution >= 0.6 is 15.9 Å². The minimum absolute atomic E-state index is 0.169. The van der Waals surface area contributed by atoms with Crippen LogP contribution in [0.15, 0.2) is 56.8 Å². The third kappa shape index (κ3) is 6.09. The van der Waals surface area contributed by atoms with Gasteiger partial charge in [0.15, 0.2) is 17.1 Å². The number of rotatable bonds is 10. The fourth-order valence-electron chi connectivity index (χ4n) is 5.95. The molecule has 0 saturated heterocycles. The summed E-state index contributed by atoms with van der Waals surface area (Å²) in [6.45, 7) is 5.54. The molecular formula is C32H33BrN14O2. The van der Waals surface area contributed by atoms with E-state index in [1.807, 2.05) is 6.21 Å². The summed E-state index contributed by atoms with van der Waals surface area (Å²) < 4.78 is 7.14. The van der Waals surface area contributed by atoms with Crippen LogP contribution < -0.4 is 11.4 Å². The first-order valence-electron chi connectivity index (χ1n) is 16.3. The van der Waals surface area contributed by atoms with E-state index in [1.54, 1.807) is 38.1 Å². The molecule has 2 aliphatic rings. The van der Waals surface area contributed by atoms with Gasteiger partial charge in [0.25, 0.3) is 0 Å². The molecular weight excluding hydrogens is 692 g/mol. The number of aliphatic imine (C=N–C) groups is 2. The van der Waals surface area contributed by atoms with E-state index in [2.05, 4.69) is 80.0 Å². The van der Waals surface area contributed by atoms with Crippen molar-refractivity contribution in [1.82, 2.24) is 58.3 Å². The molecule has 0 fully saturated rings. The van der Waals surface area contributed by atoms with E-state index in [4.69, 9.17) is 0 Å². The lowest BCUT2D eigenvalue weighted by atomic mass is 10.2. The molecule has 2 aliphatic heterocycles. The van der Waals surface area contributed by atoms with Crippen molar-refractivity contribution in [3.8, 4) is 23.0 Å². The Kier molecular flexibility index (Phi) is 9.23. The number of hydrogen-bond acceptors (Lipinski definition) is 12. The fraction of sp³-hybridized carbons (Fsp3) is 0.375. The van der Waals surface area contributed by atoms with Crippen LogP contribution in [0.5, 0.6) is 0 Å². The number of nitrogens with zero attached hydrogens (tertiary/aromatic N) is 14. The molecule has 16 nitrogen and oxygen atoms in total. The van der Waals surface area contributed by atoms with Crippen molar-refractivity contribution < 1.29 is 0 Å². The zero-order valence-electron chi connectivity index (χ0n) is 27.1. The lowest BCUT2D eigenvalue weighted by Gasteiger charge is -2.11. The first-order chi connectivity index (χ1) is 24.0. The van der Waals surface area contributed by atoms with Gasteiger partial charge in [0, 0.05) is 55.7 Å². The lowest BCUT2D eigenvalue weighted by molar-refractivity contribution is 0.568. The highest BCUT2D eigenvalue weighted by atomic mass is 79.9. The van der Waals surface area contributed by atoms with E-state index in [9.17, 15) is 9.59 Å². The van der Waals surface area contributed by atoms with Gasteiger partial charge in [-0.05, 0) is 40.9 Å². The fourth-order valence-corrected chi connectivity index (χ4v) is 6.40. The van der Waals surface area contributed by atoms with Crippen molar-refractivity contribution in [2.45, 2.75) is 78.3 Å². The quantitative estimate of drug-likeness (QED) is 0.185. The second kappa shape index (κ2) is 14.0. The third-order valence-corrected chi connectivity index (χ3v) is 8.80. The Morgan fingerprint density at radius 3 is 2.16 bits per heavy atom. The highest BCUT2D eigenvalue weighted by Gasteiger charge is 2.26. The average Bonchev–Trinajstić information content (AvgIpc) is 3.94. The summed E-state index contributed by atoms with van der Waals surface area (Å²) in [5.74, 6) is 2.25. The van der Waals surface area contributed by atoms with Gasteiger partial charge in [0.05, 0.1) is 4.62 Å². The maximum Gasteiger partial charge on any atom is 0.352 e. The molecule has 250 valence electrons. The molecule has 0 saturated carbocycles. The van der Waals surface area contributed by atoms with Gasteiger partial charge >= 0.3 is 11.4 Å². The molecule has 0 unspecified atom stereocenters. The highest BCUT2D eigenvalue weighted by Crippen LogP contribution is 2.31. The van der Waals surface area contributed by atoms with E-state index in [1.165, 1.54) is 17.2 Å². The summed E-state index contributed by atoms with van der Waals surface area (Å²) in [7, 11) is 0. The van der Waals surface area contributed by atoms with Crippen LogP contribution in [0.4, 0.5) is 11.6 Å². The van der Waals surface area contributed by atoms with Crippen LogP contribution in [-0.2, 0) is 25.9 Å². The SMILES string of the molecule is CCCCCn1c2c(c3nc(-c4ccncn4)nn3c1=O)CC(Br)=N2.CCCCCn1c2c(c3nnc(-c4ccncn4)n3c1=O)CC=N2. The van der Waals surface area contributed by atoms with E-state index in [0.717, 1.165) is 54.3 Å². The summed E-state index contributed by atoms with van der Waals surface area (Å²) in [6.07, 6.45) is 15.4. The normalized spacial score (nSPS) is 13.1. The van der Waals surface area contributed by atoms with Gasteiger partial charge < -0.3 is 0 Å². The van der Waals surface area contributed by atoms with E-state index >= 15 is 0 Å². The summed E-state index contributed by atoms with van der Waals surface area (Å²) in [6, 6.07) is 3.45. The molecule has 0 radical (unpaired) electrons. The third-order valence-electron chi connectivity index (χ3n) is 8.35. The Balaban J connectivity index is 0.000000154. The summed E-state index contributed by atoms with van der Waals surface area (Å²) in [5, 5.41) is 12.8. The first kappa shape index (κ1) is 32.2. The minimum atomic E-state index is -0.219. The summed E-state index contributed by atoms with van der Waals surface area (Å²) in [4.78, 5) is 55.6. The van der Waals surface area contributed by atoms with Crippen molar-refractivity contribution in [1.29, 1.82) is 0 Å². The summed E-state index contributed by atoms with van der Waals surface area (Å²) >= 11 is 3.45. The number of fused-ring (bicyclic) bond motifs is 6. The highest BCUT2D eigenvalue weighted by molar-refractivity contribution is 9.18. The van der Waals surface area contributed by atoms with Crippen molar-refractivity contribution in [3.05, 3.63) is 69.3 Å². The molecule has 0 spiro atoms. The summed E-state index contributed by atoms with van der Waals surface area (Å²) in [5.41, 5.74) is 3.73. The lowest BCUT2D eigenvalue weighted by Crippen LogP contribution is -2.28. The Labute approximate surface area is 287 Å². The standard InChI is InChI=1S/C16H16BrN7O.C16H17N7O/c1-2-3-4-7-23-14-10(8-12(17)20-14)15-21-13(22-24(15)16(23)25)11-5-6-18-9-19-11;1-2-3-4-9-22-13-11(5-8-18-13)14-20-21-15(23(14)16(22)24)12-6-7-17-10-19-12/h5-6,9H,2-4,7-8H2,1H3;6-8,10H,2-5,9H2,1H3. The molecule has 0 N–H and O–H groups in total. The molecule has 17 heteroatoms. The van der Waals surface area contributed by atoms with Crippen LogP contribution in [0.25, 0.3) is 34.3 Å². The van der Waals surface area contributed by atoms with Crippen LogP contribution in [0.3, 0.4) is 0 Å². The monoisotopic (exact) mass is 724 g/mol. The Morgan fingerprint density at radius 1 is 0.796 bits per heavy atom. The molecule has 0 amide bonds. The minimum Gasteiger partial charge on any atom is -0.277 e. The smallest absolute Gasteiger partial charge is 0.277 e. The van der Waals surface area contributed by atoms with Gasteiger partial charge in [-0.2, -0.15) is 4.52 Å². The van der Waals surface area contributed by atoms with Crippen LogP contribution in [0, 0.1) is 0 Å². The van der Waals surface area contributed by atoms with Gasteiger partial charge in [0.1, 0.15) is 35.7 Å². The zero-order valence-corrected chi connectivity index (χ0v) is 28.7. The number of halogens is 1. The molecule has 0 aromatic carbocycles. The number of aromatic nitrogens is 12. The predicted molar refractivity (Wildman–Crippen MR) is 187 cm³/mol. The van der Waals surface area contributed by atoms with Crippen LogP contribution in [0.1, 0.15) is 63.5 Å². The molecule has 6 aromatic rings. The van der Waals surface area contributed by atoms with Gasteiger partial charge in [-0.25, -0.2) is 48.9 Å². The van der Waals surface area contributed by atoms with Crippen molar-refractivity contribution in [2.75, 3.05) is 0 Å². The van der Waals surface area contributed by atoms with E-state index in [0.29, 0.717) is 71.9 Å². The molecule has 0 aliphatic carbocycles. The van der Waals surface area contributed by atoms with Gasteiger partial charge in [-0.15, -0.1) is 15.3 Å². The zero-order chi connectivity index (χ0) is 33.9. The number of unbranched alkanes of at least 4 members (excludes halogenated alkanes) is 4. The molecule has 0 atom stereocenters. The van der Waals surface area contributed by atoms with Crippen molar-refractivity contribution in [3.63, 3.8) is 0 Å². The van der Waals surface area contributed by atoms with E-state index in [-0.39, 0.29) is 11.4 Å². The molecule has 8 heterocycles. The average molecular weight is 726 g/mol. The van der Waals surface area contributed by atoms with Crippen LogP contribution in [0.2, 0.25) is 0 Å². The molecule has 49 heavy (non-hydrogen) atoms. The molecule has 8 rings (SSSR count). The Hall–Kier alpha value is -5.32. The topological polar surface area (TPSA) is 181 Å². The maximum absolute atomic E-state index is 13.1. The number of hydrogen-bond donors (Lipinski definition) is 0. The Bertz CT molecular complexity index is 2320. The second-order valence-corrected chi connectivity index (χ2v) is 12.5. The predicted octanol–water partition coefficient (Wildman–Crippen LogP) is 4.32. The van der Waals surface area contributed by atoms with Gasteiger partial charge in [0.2, 0.25) is 5.82 Å². The first-order valence-corrected chi connectivity index (χ1v) is 17.1. The van der Waals surface area contributed by atoms with Gasteiger partial charge in [-0.1, -0.05) is 39.5 Å². The van der Waals surface area contributed by atoms with Crippen molar-refractivity contribution in [2.24, 2.45) is 9.98 Å². The van der Waals surface area contributed by atoms with Crippen molar-refractivity contribution >= 4 is 49.7 Å². The van der Waals surface area contributed by atoms with E-state index < -0.39 is 0 Å².